The highest BCUT2D eigenvalue weighted by atomic mass is 31.2. The minimum Gasteiger partial charge on any atom is -0.206 e. The summed E-state index contributed by atoms with van der Waals surface area (Å²) < 4.78 is 47.5. The maximum atomic E-state index is 12.7. The van der Waals surface area contributed by atoms with Crippen LogP contribution in [0.3, 0.4) is 0 Å². The molecule has 66 valence electrons. The van der Waals surface area contributed by atoms with Crippen LogP contribution in [0.25, 0.3) is 0 Å². The lowest BCUT2D eigenvalue weighted by Gasteiger charge is -2.02. The topological polar surface area (TPSA) is 0 Å². The third kappa shape index (κ3) is 6.29. The predicted octanol–water partition coefficient (Wildman–Crippen LogP) is 3.62. The SMILES string of the molecule is C[P+](C)(F)CCC(F)=C(F)F. The van der Waals surface area contributed by atoms with Gasteiger partial charge < -0.3 is 0 Å². The van der Waals surface area contributed by atoms with Gasteiger partial charge in [0.1, 0.15) is 0 Å². The molecule has 0 nitrogen and oxygen atoms in total. The Labute approximate surface area is 63.7 Å². The molecule has 0 N–H and O–H groups in total. The molecular formula is C6H10F4P+. The van der Waals surface area contributed by atoms with Gasteiger partial charge in [-0.1, -0.05) is 4.20 Å². The van der Waals surface area contributed by atoms with E-state index in [-0.39, 0.29) is 6.16 Å². The van der Waals surface area contributed by atoms with E-state index in [0.717, 1.165) is 0 Å². The standard InChI is InChI=1S/C6H10F4P/c1-11(2,10)4-3-5(7)6(8)9/h3-4H2,1-2H3/q+1. The van der Waals surface area contributed by atoms with Crippen molar-refractivity contribution in [1.82, 2.24) is 0 Å². The van der Waals surface area contributed by atoms with Gasteiger partial charge in [0.15, 0.2) is 13.4 Å². The van der Waals surface area contributed by atoms with E-state index in [0.29, 0.717) is 0 Å². The van der Waals surface area contributed by atoms with Crippen LogP contribution in [0, 0.1) is 0 Å². The minimum atomic E-state index is -2.62. The molecule has 0 atom stereocenters. The molecule has 0 aliphatic heterocycles. The predicted molar refractivity (Wildman–Crippen MR) is 39.7 cm³/mol. The molecule has 0 saturated heterocycles. The van der Waals surface area contributed by atoms with Crippen molar-refractivity contribution in [3.63, 3.8) is 0 Å². The second-order valence-corrected chi connectivity index (χ2v) is 6.20. The third-order valence-electron chi connectivity index (χ3n) is 1.07. The fourth-order valence-corrected chi connectivity index (χ4v) is 1.19. The molecule has 0 amide bonds. The number of hydrogen-bond acceptors (Lipinski definition) is 0. The quantitative estimate of drug-likeness (QED) is 0.469. The van der Waals surface area contributed by atoms with Gasteiger partial charge in [-0.25, -0.2) is 4.39 Å². The van der Waals surface area contributed by atoms with Crippen LogP contribution in [0.2, 0.25) is 0 Å². The molecule has 0 aromatic carbocycles. The van der Waals surface area contributed by atoms with Crippen LogP contribution in [0.15, 0.2) is 11.9 Å². The largest absolute Gasteiger partial charge is 0.301 e. The molecule has 0 saturated carbocycles. The average molecular weight is 189 g/mol. The molecule has 0 heterocycles. The summed E-state index contributed by atoms with van der Waals surface area (Å²) in [5, 5.41) is 0. The van der Waals surface area contributed by atoms with Crippen molar-refractivity contribution < 1.29 is 17.4 Å². The molecule has 0 fully saturated rings. The molecule has 0 aromatic rings. The fourth-order valence-electron chi connectivity index (χ4n) is 0.459. The normalized spacial score (nSPS) is 11.5. The Morgan fingerprint density at radius 2 is 1.64 bits per heavy atom. The van der Waals surface area contributed by atoms with Crippen LogP contribution >= 0.6 is 7.57 Å². The Hall–Kier alpha value is -0.110. The molecule has 0 spiro atoms. The monoisotopic (exact) mass is 189 g/mol. The van der Waals surface area contributed by atoms with Crippen LogP contribution in [0.1, 0.15) is 6.42 Å². The van der Waals surface area contributed by atoms with Gasteiger partial charge in [-0.3, -0.25) is 0 Å². The molecule has 0 aliphatic carbocycles. The second-order valence-electron chi connectivity index (χ2n) is 2.68. The lowest BCUT2D eigenvalue weighted by molar-refractivity contribution is 0.373. The zero-order valence-corrected chi connectivity index (χ0v) is 7.27. The molecule has 0 bridgehead atoms. The van der Waals surface area contributed by atoms with E-state index in [1.807, 2.05) is 0 Å². The van der Waals surface area contributed by atoms with Gasteiger partial charge in [0, 0.05) is 6.42 Å². The number of rotatable bonds is 3. The van der Waals surface area contributed by atoms with E-state index < -0.39 is 25.9 Å². The molecule has 5 heteroatoms. The zero-order chi connectivity index (χ0) is 9.07. The first-order chi connectivity index (χ1) is 4.83. The first-order valence-electron chi connectivity index (χ1n) is 3.05. The summed E-state index contributed by atoms with van der Waals surface area (Å²) in [5.74, 6) is -1.49. The van der Waals surface area contributed by atoms with Crippen LogP contribution in [0.4, 0.5) is 17.4 Å². The Morgan fingerprint density at radius 3 is 1.91 bits per heavy atom. The smallest absolute Gasteiger partial charge is 0.206 e. The van der Waals surface area contributed by atoms with E-state index in [4.69, 9.17) is 0 Å². The van der Waals surface area contributed by atoms with E-state index in [1.54, 1.807) is 0 Å². The summed E-state index contributed by atoms with van der Waals surface area (Å²) in [6.45, 7) is 2.66. The summed E-state index contributed by atoms with van der Waals surface area (Å²) in [6.07, 6.45) is -2.94. The molecule has 11 heavy (non-hydrogen) atoms. The number of halogens is 4. The Balaban J connectivity index is 3.82. The highest BCUT2D eigenvalue weighted by Gasteiger charge is 2.25. The lowest BCUT2D eigenvalue weighted by Crippen LogP contribution is -1.90. The Bertz CT molecular complexity index is 154. The summed E-state index contributed by atoms with van der Waals surface area (Å²) in [4.78, 5) is 0. The van der Waals surface area contributed by atoms with Crippen molar-refractivity contribution in [2.75, 3.05) is 19.5 Å². The van der Waals surface area contributed by atoms with E-state index in [9.17, 15) is 17.4 Å². The first-order valence-corrected chi connectivity index (χ1v) is 5.81. The van der Waals surface area contributed by atoms with Crippen molar-refractivity contribution in [3.8, 4) is 0 Å². The summed E-state index contributed by atoms with van der Waals surface area (Å²) in [7, 11) is -2.62. The maximum absolute atomic E-state index is 12.7. The number of hydrogen-bond donors (Lipinski definition) is 0. The molecular weight excluding hydrogens is 179 g/mol. The summed E-state index contributed by atoms with van der Waals surface area (Å²) in [5.41, 5.74) is 0. The van der Waals surface area contributed by atoms with Gasteiger partial charge in [0.25, 0.3) is 0 Å². The minimum absolute atomic E-state index is 0.115. The third-order valence-corrected chi connectivity index (χ3v) is 2.36. The van der Waals surface area contributed by atoms with Gasteiger partial charge in [-0.15, -0.1) is 0 Å². The van der Waals surface area contributed by atoms with Crippen molar-refractivity contribution in [2.45, 2.75) is 6.42 Å². The molecule has 0 rings (SSSR count). The number of allylic oxidation sites excluding steroid dienone is 1. The van der Waals surface area contributed by atoms with Crippen molar-refractivity contribution >= 4 is 7.57 Å². The van der Waals surface area contributed by atoms with Crippen LogP contribution in [0.5, 0.6) is 0 Å². The maximum Gasteiger partial charge on any atom is 0.301 e. The van der Waals surface area contributed by atoms with Gasteiger partial charge in [0.2, 0.25) is 0 Å². The Morgan fingerprint density at radius 1 is 1.18 bits per heavy atom. The highest BCUT2D eigenvalue weighted by molar-refractivity contribution is 7.69. The summed E-state index contributed by atoms with van der Waals surface area (Å²) >= 11 is 0. The van der Waals surface area contributed by atoms with Crippen LogP contribution in [-0.4, -0.2) is 19.5 Å². The summed E-state index contributed by atoms with van der Waals surface area (Å²) in [6, 6.07) is 0. The van der Waals surface area contributed by atoms with E-state index >= 15 is 0 Å². The van der Waals surface area contributed by atoms with Gasteiger partial charge in [-0.2, -0.15) is 8.78 Å². The van der Waals surface area contributed by atoms with Gasteiger partial charge in [-0.05, 0) is 0 Å². The molecule has 0 aromatic heterocycles. The van der Waals surface area contributed by atoms with E-state index in [1.165, 1.54) is 13.3 Å². The molecule has 0 aliphatic rings. The van der Waals surface area contributed by atoms with Gasteiger partial charge in [0.05, 0.1) is 19.5 Å². The highest BCUT2D eigenvalue weighted by Crippen LogP contribution is 2.53. The van der Waals surface area contributed by atoms with E-state index in [2.05, 4.69) is 0 Å². The molecule has 0 unspecified atom stereocenters. The Kier molecular flexibility index (Phi) is 4.01. The zero-order valence-electron chi connectivity index (χ0n) is 6.37. The van der Waals surface area contributed by atoms with Crippen LogP contribution < -0.4 is 0 Å². The first kappa shape index (κ1) is 10.9. The average Bonchev–Trinajstić information content (AvgIpc) is 1.80. The molecule has 0 radical (unpaired) electrons. The fraction of sp³-hybridized carbons (Fsp3) is 0.667. The lowest BCUT2D eigenvalue weighted by atomic mass is 10.4. The second kappa shape index (κ2) is 4.05. The van der Waals surface area contributed by atoms with Crippen molar-refractivity contribution in [3.05, 3.63) is 11.9 Å². The van der Waals surface area contributed by atoms with Crippen LogP contribution in [-0.2, 0) is 0 Å². The van der Waals surface area contributed by atoms with Crippen molar-refractivity contribution in [2.24, 2.45) is 0 Å². The van der Waals surface area contributed by atoms with Crippen molar-refractivity contribution in [1.29, 1.82) is 0 Å². The van der Waals surface area contributed by atoms with Gasteiger partial charge >= 0.3 is 6.08 Å².